The van der Waals surface area contributed by atoms with Gasteiger partial charge in [0.25, 0.3) is 0 Å². The molecule has 136 valence electrons. The largest absolute Gasteiger partial charge is 0.468 e. The number of aromatic nitrogens is 2. The Labute approximate surface area is 148 Å². The van der Waals surface area contributed by atoms with E-state index >= 15 is 0 Å². The smallest absolute Gasteiger partial charge is 0.241 e. The molecule has 0 unspecified atom stereocenters. The Kier molecular flexibility index (Phi) is 5.24. The highest BCUT2D eigenvalue weighted by atomic mass is 16.3. The molecule has 0 saturated carbocycles. The fraction of sp³-hybridized carbons (Fsp3) is 0.556. The first-order chi connectivity index (χ1) is 12.0. The van der Waals surface area contributed by atoms with Crippen molar-refractivity contribution in [3.63, 3.8) is 0 Å². The minimum Gasteiger partial charge on any atom is -0.468 e. The van der Waals surface area contributed by atoms with Gasteiger partial charge in [-0.15, -0.1) is 0 Å². The van der Waals surface area contributed by atoms with Crippen LogP contribution in [0.25, 0.3) is 0 Å². The van der Waals surface area contributed by atoms with Crippen LogP contribution in [0.3, 0.4) is 0 Å². The minimum atomic E-state index is -0.162. The summed E-state index contributed by atoms with van der Waals surface area (Å²) in [6.07, 6.45) is 1.71. The molecule has 2 aromatic rings. The summed E-state index contributed by atoms with van der Waals surface area (Å²) in [5, 5.41) is 7.41. The van der Waals surface area contributed by atoms with Gasteiger partial charge in [-0.3, -0.25) is 19.3 Å². The zero-order chi connectivity index (χ0) is 18.0. The van der Waals surface area contributed by atoms with Crippen LogP contribution < -0.4 is 5.32 Å². The summed E-state index contributed by atoms with van der Waals surface area (Å²) in [6, 6.07) is 3.76. The molecule has 1 fully saturated rings. The van der Waals surface area contributed by atoms with Crippen LogP contribution in [0.15, 0.2) is 22.8 Å². The van der Waals surface area contributed by atoms with Crippen LogP contribution in [0.5, 0.6) is 0 Å². The molecular weight excluding hydrogens is 318 g/mol. The summed E-state index contributed by atoms with van der Waals surface area (Å²) >= 11 is 0. The molecule has 0 bridgehead atoms. The number of hydrogen-bond acceptors (Lipinski definition) is 5. The average molecular weight is 345 g/mol. The number of carbonyl (C=O) groups is 1. The van der Waals surface area contributed by atoms with Crippen molar-refractivity contribution >= 4 is 11.6 Å². The summed E-state index contributed by atoms with van der Waals surface area (Å²) in [5.74, 6) is 1.01. The third kappa shape index (κ3) is 3.93. The van der Waals surface area contributed by atoms with E-state index in [1.165, 1.54) is 0 Å². The lowest BCUT2D eigenvalue weighted by molar-refractivity contribution is -0.121. The third-order valence-corrected chi connectivity index (χ3v) is 5.05. The third-order valence-electron chi connectivity index (χ3n) is 5.05. The Morgan fingerprint density at radius 3 is 2.60 bits per heavy atom. The Morgan fingerprint density at radius 1 is 1.32 bits per heavy atom. The molecule has 25 heavy (non-hydrogen) atoms. The maximum Gasteiger partial charge on any atom is 0.241 e. The number of aryl methyl sites for hydroxylation is 2. The molecule has 1 aliphatic rings. The highest BCUT2D eigenvalue weighted by molar-refractivity contribution is 5.95. The number of piperazine rings is 1. The number of anilines is 1. The second-order valence-electron chi connectivity index (χ2n) is 6.73. The van der Waals surface area contributed by atoms with E-state index in [0.717, 1.165) is 55.6 Å². The molecule has 1 saturated heterocycles. The maximum atomic E-state index is 12.6. The van der Waals surface area contributed by atoms with Gasteiger partial charge in [-0.2, -0.15) is 5.10 Å². The van der Waals surface area contributed by atoms with Gasteiger partial charge in [0.15, 0.2) is 0 Å². The van der Waals surface area contributed by atoms with Crippen molar-refractivity contribution in [1.29, 1.82) is 0 Å². The van der Waals surface area contributed by atoms with Crippen LogP contribution in [0.4, 0.5) is 5.69 Å². The zero-order valence-electron chi connectivity index (χ0n) is 15.5. The lowest BCUT2D eigenvalue weighted by Gasteiger charge is -2.37. The fourth-order valence-electron chi connectivity index (χ4n) is 3.28. The minimum absolute atomic E-state index is 0.0266. The number of amides is 1. The van der Waals surface area contributed by atoms with Gasteiger partial charge < -0.3 is 9.73 Å². The number of rotatable bonds is 5. The van der Waals surface area contributed by atoms with E-state index in [-0.39, 0.29) is 11.9 Å². The number of hydrogen-bond donors (Lipinski definition) is 1. The topological polar surface area (TPSA) is 66.5 Å². The quantitative estimate of drug-likeness (QED) is 0.895. The van der Waals surface area contributed by atoms with E-state index in [1.54, 1.807) is 10.9 Å². The van der Waals surface area contributed by atoms with Crippen LogP contribution in [-0.4, -0.2) is 57.7 Å². The Hall–Kier alpha value is -2.12. The van der Waals surface area contributed by atoms with Crippen molar-refractivity contribution in [2.24, 2.45) is 7.05 Å². The van der Waals surface area contributed by atoms with Gasteiger partial charge in [-0.05, 0) is 32.9 Å². The number of nitrogens with zero attached hydrogens (tertiary/aromatic N) is 4. The SMILES string of the molecule is Cc1nn(C)c(C)c1NC(=O)[C@H](C)N1CCN(Cc2ccco2)CC1. The zero-order valence-corrected chi connectivity index (χ0v) is 15.5. The molecular formula is C18H27N5O2. The van der Waals surface area contributed by atoms with Gasteiger partial charge in [0, 0.05) is 33.2 Å². The summed E-state index contributed by atoms with van der Waals surface area (Å²) in [6.45, 7) is 10.3. The Bertz CT molecular complexity index is 714. The van der Waals surface area contributed by atoms with E-state index < -0.39 is 0 Å². The van der Waals surface area contributed by atoms with Crippen LogP contribution in [0, 0.1) is 13.8 Å². The van der Waals surface area contributed by atoms with Crippen LogP contribution in [0.2, 0.25) is 0 Å². The average Bonchev–Trinajstić information content (AvgIpc) is 3.19. The molecule has 0 aromatic carbocycles. The Morgan fingerprint density at radius 2 is 2.04 bits per heavy atom. The molecule has 1 amide bonds. The maximum absolute atomic E-state index is 12.6. The van der Waals surface area contributed by atoms with Gasteiger partial charge in [0.2, 0.25) is 5.91 Å². The molecule has 1 aliphatic heterocycles. The van der Waals surface area contributed by atoms with E-state index in [0.29, 0.717) is 0 Å². The second-order valence-corrected chi connectivity index (χ2v) is 6.73. The molecule has 1 N–H and O–H groups in total. The fourth-order valence-corrected chi connectivity index (χ4v) is 3.28. The molecule has 7 nitrogen and oxygen atoms in total. The van der Waals surface area contributed by atoms with E-state index in [9.17, 15) is 4.79 Å². The van der Waals surface area contributed by atoms with Crippen molar-refractivity contribution in [1.82, 2.24) is 19.6 Å². The molecule has 2 aromatic heterocycles. The van der Waals surface area contributed by atoms with Crippen LogP contribution in [-0.2, 0) is 18.4 Å². The van der Waals surface area contributed by atoms with Gasteiger partial charge in [0.05, 0.1) is 35.9 Å². The number of furan rings is 1. The van der Waals surface area contributed by atoms with E-state index in [1.807, 2.05) is 40.0 Å². The van der Waals surface area contributed by atoms with Crippen LogP contribution >= 0.6 is 0 Å². The Balaban J connectivity index is 1.53. The molecule has 7 heteroatoms. The van der Waals surface area contributed by atoms with E-state index in [4.69, 9.17) is 4.42 Å². The molecule has 1 atom stereocenters. The van der Waals surface area contributed by atoms with E-state index in [2.05, 4.69) is 20.2 Å². The predicted octanol–water partition coefficient (Wildman–Crippen LogP) is 1.77. The van der Waals surface area contributed by atoms with Gasteiger partial charge >= 0.3 is 0 Å². The highest BCUT2D eigenvalue weighted by Crippen LogP contribution is 2.19. The summed E-state index contributed by atoms with van der Waals surface area (Å²) in [4.78, 5) is 17.2. The summed E-state index contributed by atoms with van der Waals surface area (Å²) in [7, 11) is 1.89. The standard InChI is InChI=1S/C18H27N5O2/c1-13-17(14(2)21(4)20-13)19-18(24)15(3)23-9-7-22(8-10-23)12-16-6-5-11-25-16/h5-6,11,15H,7-10,12H2,1-4H3,(H,19,24)/t15-/m0/s1. The molecule has 0 spiro atoms. The van der Waals surface area contributed by atoms with Crippen molar-refractivity contribution in [3.8, 4) is 0 Å². The highest BCUT2D eigenvalue weighted by Gasteiger charge is 2.26. The number of nitrogens with one attached hydrogen (secondary N) is 1. The molecule has 3 rings (SSSR count). The molecule has 0 aliphatic carbocycles. The normalized spacial score (nSPS) is 17.6. The second kappa shape index (κ2) is 7.41. The lowest BCUT2D eigenvalue weighted by atomic mass is 10.2. The number of carbonyl (C=O) groups excluding carboxylic acids is 1. The molecule has 3 heterocycles. The van der Waals surface area contributed by atoms with Crippen LogP contribution in [0.1, 0.15) is 24.1 Å². The first-order valence-corrected chi connectivity index (χ1v) is 8.75. The molecule has 0 radical (unpaired) electrons. The first kappa shape index (κ1) is 17.7. The van der Waals surface area contributed by atoms with Crippen molar-refractivity contribution < 1.29 is 9.21 Å². The van der Waals surface area contributed by atoms with Crippen molar-refractivity contribution in [2.45, 2.75) is 33.4 Å². The summed E-state index contributed by atoms with van der Waals surface area (Å²) < 4.78 is 7.21. The monoisotopic (exact) mass is 345 g/mol. The lowest BCUT2D eigenvalue weighted by Crippen LogP contribution is -2.52. The van der Waals surface area contributed by atoms with Gasteiger partial charge in [-0.1, -0.05) is 0 Å². The van der Waals surface area contributed by atoms with Gasteiger partial charge in [0.1, 0.15) is 5.76 Å². The van der Waals surface area contributed by atoms with Gasteiger partial charge in [-0.25, -0.2) is 0 Å². The van der Waals surface area contributed by atoms with Crippen molar-refractivity contribution in [2.75, 3.05) is 31.5 Å². The summed E-state index contributed by atoms with van der Waals surface area (Å²) in [5.41, 5.74) is 2.65. The predicted molar refractivity (Wildman–Crippen MR) is 96.3 cm³/mol. The van der Waals surface area contributed by atoms with Crippen molar-refractivity contribution in [3.05, 3.63) is 35.5 Å². The first-order valence-electron chi connectivity index (χ1n) is 8.75.